The average Bonchev–Trinajstić information content (AvgIpc) is 2.43. The van der Waals surface area contributed by atoms with Crippen LogP contribution in [0.25, 0.3) is 0 Å². The third-order valence-corrected chi connectivity index (χ3v) is 2.91. The zero-order valence-corrected chi connectivity index (χ0v) is 9.42. The Hall–Kier alpha value is -0.900. The highest BCUT2D eigenvalue weighted by molar-refractivity contribution is 6.29. The molecule has 0 saturated heterocycles. The van der Waals surface area contributed by atoms with Gasteiger partial charge in [0.1, 0.15) is 5.57 Å². The molecule has 1 aliphatic heterocycles. The second kappa shape index (κ2) is 3.69. The lowest BCUT2D eigenvalue weighted by molar-refractivity contribution is -0.136. The van der Waals surface area contributed by atoms with Crippen LogP contribution in [0.2, 0.25) is 0 Å². The van der Waals surface area contributed by atoms with E-state index in [1.54, 1.807) is 6.92 Å². The van der Waals surface area contributed by atoms with E-state index in [0.717, 1.165) is 0 Å². The van der Waals surface area contributed by atoms with Gasteiger partial charge in [0.05, 0.1) is 12.8 Å². The summed E-state index contributed by atoms with van der Waals surface area (Å²) in [6.45, 7) is 5.46. The van der Waals surface area contributed by atoms with Gasteiger partial charge in [-0.15, -0.1) is 0 Å². The van der Waals surface area contributed by atoms with Crippen LogP contribution in [0.15, 0.2) is 21.5 Å². The zero-order valence-electron chi connectivity index (χ0n) is 8.67. The van der Waals surface area contributed by atoms with Crippen molar-refractivity contribution in [2.24, 2.45) is 16.1 Å². The summed E-state index contributed by atoms with van der Waals surface area (Å²) in [7, 11) is 1.32. The molecule has 0 radical (unpaired) electrons. The Bertz CT molecular complexity index is 323. The zero-order chi connectivity index (χ0) is 10.9. The van der Waals surface area contributed by atoms with Crippen LogP contribution in [0.5, 0.6) is 0 Å². The largest absolute Gasteiger partial charge is 0.466 e. The molecule has 0 aromatic rings. The summed E-state index contributed by atoms with van der Waals surface area (Å²) in [5, 5.41) is 7.75. The number of allylic oxidation sites excluding steroid dienone is 1. The van der Waals surface area contributed by atoms with Crippen molar-refractivity contribution < 1.29 is 9.53 Å². The Labute approximate surface area is 88.0 Å². The fourth-order valence-electron chi connectivity index (χ4n) is 1.30. The molecule has 1 heterocycles. The van der Waals surface area contributed by atoms with Gasteiger partial charge in [0.2, 0.25) is 0 Å². The molecule has 5 heteroatoms. The van der Waals surface area contributed by atoms with E-state index in [0.29, 0.717) is 11.3 Å². The molecule has 0 N–H and O–H groups in total. The normalized spacial score (nSPS) is 26.1. The van der Waals surface area contributed by atoms with E-state index >= 15 is 0 Å². The van der Waals surface area contributed by atoms with E-state index in [1.165, 1.54) is 7.11 Å². The minimum Gasteiger partial charge on any atom is -0.466 e. The number of hydrogen-bond donors (Lipinski definition) is 0. The molecule has 0 aromatic carbocycles. The number of carbonyl (C=O) groups is 1. The lowest BCUT2D eigenvalue weighted by Crippen LogP contribution is -2.31. The molecule has 78 valence electrons. The van der Waals surface area contributed by atoms with Crippen LogP contribution < -0.4 is 0 Å². The topological polar surface area (TPSA) is 51.0 Å². The van der Waals surface area contributed by atoms with Gasteiger partial charge in [-0.3, -0.25) is 0 Å². The van der Waals surface area contributed by atoms with Crippen molar-refractivity contribution in [3.63, 3.8) is 0 Å². The van der Waals surface area contributed by atoms with Crippen LogP contribution in [-0.4, -0.2) is 18.1 Å². The number of alkyl halides is 1. The molecule has 0 amide bonds. The number of esters is 1. The molecular formula is C9H13ClN2O2. The van der Waals surface area contributed by atoms with Crippen LogP contribution in [0.4, 0.5) is 0 Å². The monoisotopic (exact) mass is 216 g/mol. The summed E-state index contributed by atoms with van der Waals surface area (Å²) in [6.07, 6.45) is 0. The van der Waals surface area contributed by atoms with Crippen molar-refractivity contribution in [2.75, 3.05) is 7.11 Å². The second-order valence-electron chi connectivity index (χ2n) is 3.48. The number of methoxy groups -OCH3 is 1. The maximum absolute atomic E-state index is 11.5. The van der Waals surface area contributed by atoms with Gasteiger partial charge in [0, 0.05) is 0 Å². The number of carbonyl (C=O) groups excluding carboxylic acids is 1. The predicted molar refractivity (Wildman–Crippen MR) is 53.0 cm³/mol. The number of rotatable bonds is 2. The van der Waals surface area contributed by atoms with E-state index in [4.69, 9.17) is 11.6 Å². The fraction of sp³-hybridized carbons (Fsp3) is 0.667. The van der Waals surface area contributed by atoms with Gasteiger partial charge in [-0.05, 0) is 12.8 Å². The second-order valence-corrected chi connectivity index (χ2v) is 4.06. The molecule has 4 nitrogen and oxygen atoms in total. The van der Waals surface area contributed by atoms with Gasteiger partial charge < -0.3 is 4.74 Å². The Morgan fingerprint density at radius 3 is 2.57 bits per heavy atom. The number of ether oxygens (including phenoxy) is 1. The summed E-state index contributed by atoms with van der Waals surface area (Å²) in [5.41, 5.74) is 0.872. The molecular weight excluding hydrogens is 204 g/mol. The molecule has 0 aromatic heterocycles. The molecule has 1 atom stereocenters. The molecule has 0 spiro atoms. The maximum atomic E-state index is 11.5. The average molecular weight is 217 g/mol. The SMILES string of the molecule is COC(=O)C1=C(C)N=NC1(Cl)C(C)C. The third kappa shape index (κ3) is 1.54. The summed E-state index contributed by atoms with van der Waals surface area (Å²) in [6, 6.07) is 0. The summed E-state index contributed by atoms with van der Waals surface area (Å²) in [4.78, 5) is 10.4. The van der Waals surface area contributed by atoms with Crippen molar-refractivity contribution >= 4 is 17.6 Å². The molecule has 1 rings (SSSR count). The van der Waals surface area contributed by atoms with E-state index in [9.17, 15) is 4.79 Å². The summed E-state index contributed by atoms with van der Waals surface area (Å²) in [5.74, 6) is -0.476. The number of halogens is 1. The number of hydrogen-bond acceptors (Lipinski definition) is 4. The fourth-order valence-corrected chi connectivity index (χ4v) is 1.55. The van der Waals surface area contributed by atoms with Gasteiger partial charge in [-0.25, -0.2) is 4.79 Å². The molecule has 14 heavy (non-hydrogen) atoms. The van der Waals surface area contributed by atoms with Crippen LogP contribution in [-0.2, 0) is 9.53 Å². The summed E-state index contributed by atoms with van der Waals surface area (Å²) >= 11 is 6.22. The Kier molecular flexibility index (Phi) is 2.95. The third-order valence-electron chi connectivity index (χ3n) is 2.21. The highest BCUT2D eigenvalue weighted by atomic mass is 35.5. The van der Waals surface area contributed by atoms with E-state index in [2.05, 4.69) is 15.0 Å². The van der Waals surface area contributed by atoms with E-state index in [-0.39, 0.29) is 5.92 Å². The van der Waals surface area contributed by atoms with Crippen molar-refractivity contribution in [2.45, 2.75) is 25.8 Å². The Morgan fingerprint density at radius 2 is 2.14 bits per heavy atom. The first-order valence-electron chi connectivity index (χ1n) is 4.35. The first-order valence-corrected chi connectivity index (χ1v) is 4.72. The van der Waals surface area contributed by atoms with E-state index < -0.39 is 11.0 Å². The molecule has 1 unspecified atom stereocenters. The molecule has 0 bridgehead atoms. The summed E-state index contributed by atoms with van der Waals surface area (Å²) < 4.78 is 4.65. The molecule has 1 aliphatic rings. The number of nitrogens with zero attached hydrogens (tertiary/aromatic N) is 2. The van der Waals surface area contributed by atoms with Crippen molar-refractivity contribution in [1.82, 2.24) is 0 Å². The van der Waals surface area contributed by atoms with Gasteiger partial charge in [0.15, 0.2) is 5.00 Å². The minimum atomic E-state index is -1.06. The van der Waals surface area contributed by atoms with Crippen LogP contribution >= 0.6 is 11.6 Å². The number of azo groups is 1. The standard InChI is InChI=1S/C9H13ClN2O2/c1-5(2)9(10)7(8(13)14-4)6(3)11-12-9/h5H,1-4H3. The van der Waals surface area contributed by atoms with Crippen molar-refractivity contribution in [3.8, 4) is 0 Å². The molecule has 0 aliphatic carbocycles. The Morgan fingerprint density at radius 1 is 1.57 bits per heavy atom. The minimum absolute atomic E-state index is 0.0144. The van der Waals surface area contributed by atoms with Crippen LogP contribution in [0.1, 0.15) is 20.8 Å². The highest BCUT2D eigenvalue weighted by Crippen LogP contribution is 2.42. The van der Waals surface area contributed by atoms with Gasteiger partial charge in [-0.1, -0.05) is 25.4 Å². The van der Waals surface area contributed by atoms with Crippen molar-refractivity contribution in [3.05, 3.63) is 11.3 Å². The van der Waals surface area contributed by atoms with Gasteiger partial charge in [-0.2, -0.15) is 10.2 Å². The van der Waals surface area contributed by atoms with Crippen LogP contribution in [0, 0.1) is 5.92 Å². The maximum Gasteiger partial charge on any atom is 0.339 e. The first kappa shape index (κ1) is 11.2. The lowest BCUT2D eigenvalue weighted by atomic mass is 9.95. The molecule has 0 saturated carbocycles. The quantitative estimate of drug-likeness (QED) is 0.405. The Balaban J connectivity index is 3.14. The van der Waals surface area contributed by atoms with Gasteiger partial charge in [0.25, 0.3) is 0 Å². The van der Waals surface area contributed by atoms with Crippen molar-refractivity contribution in [1.29, 1.82) is 0 Å². The van der Waals surface area contributed by atoms with E-state index in [1.807, 2.05) is 13.8 Å². The molecule has 0 fully saturated rings. The smallest absolute Gasteiger partial charge is 0.339 e. The van der Waals surface area contributed by atoms with Gasteiger partial charge >= 0.3 is 5.97 Å². The first-order chi connectivity index (χ1) is 6.43. The van der Waals surface area contributed by atoms with Crippen LogP contribution in [0.3, 0.4) is 0 Å². The highest BCUT2D eigenvalue weighted by Gasteiger charge is 2.45. The predicted octanol–water partition coefficient (Wildman–Crippen LogP) is 2.49. The lowest BCUT2D eigenvalue weighted by Gasteiger charge is -2.23.